The molecule has 1 aliphatic rings. The first-order valence-electron chi connectivity index (χ1n) is 15.1. The van der Waals surface area contributed by atoms with Crippen molar-refractivity contribution in [2.45, 2.75) is 12.2 Å². The highest BCUT2D eigenvalue weighted by Crippen LogP contribution is 2.33. The Labute approximate surface area is 277 Å². The largest absolute Gasteiger partial charge is 0.418 e. The minimum Gasteiger partial charge on any atom is -0.335 e. The Morgan fingerprint density at radius 3 is 2.02 bits per heavy atom. The Morgan fingerprint density at radius 1 is 0.833 bits per heavy atom. The molecule has 2 heterocycles. The maximum absolute atomic E-state index is 14.2. The van der Waals surface area contributed by atoms with Crippen molar-refractivity contribution in [3.8, 4) is 11.8 Å². The molecule has 1 aliphatic heterocycles. The molecule has 6 rings (SSSR count). The average Bonchev–Trinajstić information content (AvgIpc) is 3.40. The second kappa shape index (κ2) is 13.8. The topological polar surface area (TPSA) is 69.3 Å². The number of para-hydroxylation sites is 1. The molecule has 0 aliphatic carbocycles. The molecule has 242 valence electrons. The second-order valence-corrected chi connectivity index (χ2v) is 12.2. The van der Waals surface area contributed by atoms with Crippen LogP contribution in [0.4, 0.5) is 17.6 Å². The van der Waals surface area contributed by atoms with Crippen molar-refractivity contribution < 1.29 is 22.4 Å². The Hall–Kier alpha value is -5.31. The third-order valence-electron chi connectivity index (χ3n) is 8.16. The van der Waals surface area contributed by atoms with Crippen LogP contribution < -0.4 is 14.8 Å². The van der Waals surface area contributed by atoms with Crippen LogP contribution in [0.3, 0.4) is 0 Å². The SMILES string of the molecule is N#C/C(C(=O)N1CCN(C(c2ccccc2)c2ccccc2)CC1)=c1/s/c(=C/c2cccc(F)c2)c(=O)n1-c1ccccc1C(F)(F)F. The highest BCUT2D eigenvalue weighted by Gasteiger charge is 2.35. The van der Waals surface area contributed by atoms with Gasteiger partial charge < -0.3 is 4.90 Å². The van der Waals surface area contributed by atoms with Crippen LogP contribution in [0, 0.1) is 17.1 Å². The van der Waals surface area contributed by atoms with Crippen molar-refractivity contribution in [2.75, 3.05) is 26.2 Å². The van der Waals surface area contributed by atoms with Gasteiger partial charge >= 0.3 is 6.18 Å². The van der Waals surface area contributed by atoms with Gasteiger partial charge in [-0.05, 0) is 47.0 Å². The van der Waals surface area contributed by atoms with Gasteiger partial charge in [0.2, 0.25) is 0 Å². The lowest BCUT2D eigenvalue weighted by Gasteiger charge is -2.39. The summed E-state index contributed by atoms with van der Waals surface area (Å²) in [6, 6.07) is 31.6. The van der Waals surface area contributed by atoms with E-state index in [2.05, 4.69) is 4.90 Å². The summed E-state index contributed by atoms with van der Waals surface area (Å²) in [7, 11) is 0. The van der Waals surface area contributed by atoms with Gasteiger partial charge in [0.25, 0.3) is 11.5 Å². The number of piperazine rings is 1. The molecule has 0 atom stereocenters. The molecule has 48 heavy (non-hydrogen) atoms. The van der Waals surface area contributed by atoms with Crippen LogP contribution in [0.25, 0.3) is 17.3 Å². The number of alkyl halides is 3. The predicted octanol–water partition coefficient (Wildman–Crippen LogP) is 5.49. The molecule has 1 amide bonds. The van der Waals surface area contributed by atoms with Gasteiger partial charge in [-0.25, -0.2) is 4.39 Å². The van der Waals surface area contributed by atoms with Crippen molar-refractivity contribution in [3.05, 3.63) is 157 Å². The van der Waals surface area contributed by atoms with Gasteiger partial charge in [0.1, 0.15) is 16.5 Å². The van der Waals surface area contributed by atoms with Gasteiger partial charge in [-0.3, -0.25) is 19.1 Å². The summed E-state index contributed by atoms with van der Waals surface area (Å²) in [5, 5.41) is 10.3. The molecule has 4 aromatic carbocycles. The normalized spacial score (nSPS) is 15.0. The maximum atomic E-state index is 14.2. The number of aromatic nitrogens is 1. The van der Waals surface area contributed by atoms with Crippen LogP contribution >= 0.6 is 11.3 Å². The molecule has 11 heteroatoms. The molecule has 1 fully saturated rings. The number of amides is 1. The van der Waals surface area contributed by atoms with Crippen molar-refractivity contribution in [3.63, 3.8) is 0 Å². The number of nitrogens with zero attached hydrogens (tertiary/aromatic N) is 4. The van der Waals surface area contributed by atoms with Crippen molar-refractivity contribution >= 4 is 28.9 Å². The Bertz CT molecular complexity index is 2130. The fourth-order valence-corrected chi connectivity index (χ4v) is 7.03. The van der Waals surface area contributed by atoms with E-state index in [9.17, 15) is 32.4 Å². The molecule has 0 radical (unpaired) electrons. The van der Waals surface area contributed by atoms with E-state index in [0.29, 0.717) is 30.0 Å². The summed E-state index contributed by atoms with van der Waals surface area (Å²) >= 11 is 0.714. The number of hydrogen-bond acceptors (Lipinski definition) is 5. The number of nitriles is 1. The predicted molar refractivity (Wildman–Crippen MR) is 176 cm³/mol. The average molecular weight is 669 g/mol. The number of halogens is 4. The van der Waals surface area contributed by atoms with E-state index in [4.69, 9.17) is 0 Å². The molecule has 5 aromatic rings. The van der Waals surface area contributed by atoms with Crippen LogP contribution in [0.5, 0.6) is 0 Å². The second-order valence-electron chi connectivity index (χ2n) is 11.2. The van der Waals surface area contributed by atoms with Crippen LogP contribution in [0.2, 0.25) is 0 Å². The van der Waals surface area contributed by atoms with Crippen LogP contribution in [0.15, 0.2) is 114 Å². The molecule has 0 unspecified atom stereocenters. The van der Waals surface area contributed by atoms with Gasteiger partial charge in [0.05, 0.1) is 21.8 Å². The first-order valence-corrected chi connectivity index (χ1v) is 15.9. The number of carbonyl (C=O) groups is 1. The number of hydrogen-bond donors (Lipinski definition) is 0. The summed E-state index contributed by atoms with van der Waals surface area (Å²) in [5.74, 6) is -1.26. The van der Waals surface area contributed by atoms with Crippen molar-refractivity contribution in [1.82, 2.24) is 14.4 Å². The van der Waals surface area contributed by atoms with E-state index in [1.165, 1.54) is 47.4 Å². The van der Waals surface area contributed by atoms with Crippen molar-refractivity contribution in [2.24, 2.45) is 0 Å². The minimum atomic E-state index is -4.83. The number of thiazole rings is 1. The Kier molecular flexibility index (Phi) is 9.39. The standard InChI is InChI=1S/C37H28F4N4O2S/c38-28-15-9-10-25(22-28)23-32-35(47)45(31-17-8-7-16-30(31)37(39,40)41)36(48-32)29(24-42)34(46)44-20-18-43(19-21-44)33(26-11-3-1-4-12-26)27-13-5-2-6-14-27/h1-17,22-23,33H,18-21H2/b32-23+,36-29-. The van der Waals surface area contributed by atoms with E-state index in [0.717, 1.165) is 27.8 Å². The summed E-state index contributed by atoms with van der Waals surface area (Å²) < 4.78 is 56.9. The molecule has 0 bridgehead atoms. The molecule has 0 saturated carbocycles. The fourth-order valence-electron chi connectivity index (χ4n) is 5.94. The van der Waals surface area contributed by atoms with Gasteiger partial charge in [-0.2, -0.15) is 18.4 Å². The van der Waals surface area contributed by atoms with Crippen LogP contribution in [-0.2, 0) is 11.0 Å². The lowest BCUT2D eigenvalue weighted by molar-refractivity contribution is -0.137. The third-order valence-corrected chi connectivity index (χ3v) is 9.25. The van der Waals surface area contributed by atoms with Gasteiger partial charge in [-0.1, -0.05) is 84.9 Å². The lowest BCUT2D eigenvalue weighted by Crippen LogP contribution is -2.50. The molecule has 1 saturated heterocycles. The van der Waals surface area contributed by atoms with E-state index in [-0.39, 0.29) is 28.3 Å². The zero-order chi connectivity index (χ0) is 33.8. The molecule has 6 nitrogen and oxygen atoms in total. The first kappa shape index (κ1) is 32.6. The quantitative estimate of drug-likeness (QED) is 0.225. The molecule has 0 N–H and O–H groups in total. The Morgan fingerprint density at radius 2 is 1.44 bits per heavy atom. The summed E-state index contributed by atoms with van der Waals surface area (Å²) in [6.45, 7) is 1.42. The molecular weight excluding hydrogens is 640 g/mol. The highest BCUT2D eigenvalue weighted by molar-refractivity contribution is 7.07. The summed E-state index contributed by atoms with van der Waals surface area (Å²) in [4.78, 5) is 31.5. The smallest absolute Gasteiger partial charge is 0.335 e. The van der Waals surface area contributed by atoms with E-state index in [1.54, 1.807) is 0 Å². The van der Waals surface area contributed by atoms with Crippen LogP contribution in [0.1, 0.15) is 28.3 Å². The van der Waals surface area contributed by atoms with Crippen molar-refractivity contribution in [1.29, 1.82) is 5.26 Å². The zero-order valence-electron chi connectivity index (χ0n) is 25.4. The van der Waals surface area contributed by atoms with E-state index >= 15 is 0 Å². The molecular formula is C37H28F4N4O2S. The van der Waals surface area contributed by atoms with E-state index < -0.39 is 40.3 Å². The lowest BCUT2D eigenvalue weighted by atomic mass is 9.96. The monoisotopic (exact) mass is 668 g/mol. The fraction of sp³-hybridized carbons (Fsp3) is 0.162. The molecule has 0 spiro atoms. The molecule has 1 aromatic heterocycles. The summed E-state index contributed by atoms with van der Waals surface area (Å²) in [5.41, 5.74) is -0.474. The van der Waals surface area contributed by atoms with E-state index in [1.807, 2.05) is 66.7 Å². The third kappa shape index (κ3) is 6.72. The number of benzene rings is 4. The first-order chi connectivity index (χ1) is 23.2. The number of rotatable bonds is 6. The highest BCUT2D eigenvalue weighted by atomic mass is 32.1. The van der Waals surface area contributed by atoms with Crippen LogP contribution in [-0.4, -0.2) is 46.5 Å². The summed E-state index contributed by atoms with van der Waals surface area (Å²) in [6.07, 6.45) is -3.50. The van der Waals surface area contributed by atoms with Gasteiger partial charge in [0.15, 0.2) is 5.57 Å². The Balaban J connectivity index is 1.42. The van der Waals surface area contributed by atoms with Gasteiger partial charge in [0, 0.05) is 26.2 Å². The maximum Gasteiger partial charge on any atom is 0.418 e. The van der Waals surface area contributed by atoms with Gasteiger partial charge in [-0.15, -0.1) is 11.3 Å². The zero-order valence-corrected chi connectivity index (χ0v) is 26.2. The minimum absolute atomic E-state index is 0.0634. The number of carbonyl (C=O) groups excluding carboxylic acids is 1.